The minimum absolute atomic E-state index is 0.0360. The third-order valence-electron chi connectivity index (χ3n) is 4.64. The van der Waals surface area contributed by atoms with Crippen LogP contribution in [0, 0.1) is 0 Å². The number of carboxylic acids is 1. The van der Waals surface area contributed by atoms with Crippen molar-refractivity contribution in [2.24, 2.45) is 0 Å². The Bertz CT molecular complexity index is 1220. The second-order valence-electron chi connectivity index (χ2n) is 6.43. The standard InChI is InChI=1S/C21H17N3O4S/c1-2-24(11-17(25)26)21(28)18-19-14(22-7-8-23-19)10-13(20(18)27)16-9-12-5-3-4-6-15(12)29-16/h3-10,27H,2,11H2,1H3,(H,25,26). The lowest BCUT2D eigenvalue weighted by molar-refractivity contribution is -0.137. The molecule has 2 aromatic carbocycles. The molecule has 0 aliphatic carbocycles. The molecule has 0 fully saturated rings. The van der Waals surface area contributed by atoms with Crippen LogP contribution in [-0.2, 0) is 4.79 Å². The van der Waals surface area contributed by atoms with Crippen LogP contribution in [0.2, 0.25) is 0 Å². The first-order chi connectivity index (χ1) is 14.0. The first-order valence-corrected chi connectivity index (χ1v) is 9.78. The predicted octanol–water partition coefficient (Wildman–Crippen LogP) is 3.76. The molecule has 29 heavy (non-hydrogen) atoms. The highest BCUT2D eigenvalue weighted by molar-refractivity contribution is 7.22. The lowest BCUT2D eigenvalue weighted by Gasteiger charge is -2.20. The van der Waals surface area contributed by atoms with Crippen molar-refractivity contribution in [1.82, 2.24) is 14.9 Å². The molecule has 1 amide bonds. The number of phenolic OH excluding ortho intramolecular Hbond substituents is 1. The highest BCUT2D eigenvalue weighted by atomic mass is 32.1. The largest absolute Gasteiger partial charge is 0.506 e. The maximum atomic E-state index is 13.1. The van der Waals surface area contributed by atoms with Crippen molar-refractivity contribution in [3.05, 3.63) is 54.4 Å². The number of likely N-dealkylation sites (N-methyl/N-ethyl adjacent to an activating group) is 1. The van der Waals surface area contributed by atoms with Crippen molar-refractivity contribution < 1.29 is 19.8 Å². The molecule has 2 N–H and O–H groups in total. The summed E-state index contributed by atoms with van der Waals surface area (Å²) in [7, 11) is 0. The number of carbonyl (C=O) groups excluding carboxylic acids is 1. The molecule has 8 heteroatoms. The Kier molecular flexibility index (Phi) is 4.85. The summed E-state index contributed by atoms with van der Waals surface area (Å²) < 4.78 is 1.05. The van der Waals surface area contributed by atoms with E-state index >= 15 is 0 Å². The van der Waals surface area contributed by atoms with E-state index in [1.807, 2.05) is 30.3 Å². The molecule has 0 aliphatic rings. The highest BCUT2D eigenvalue weighted by Gasteiger charge is 2.26. The van der Waals surface area contributed by atoms with E-state index in [9.17, 15) is 14.7 Å². The van der Waals surface area contributed by atoms with Gasteiger partial charge in [0, 0.05) is 34.1 Å². The molecule has 7 nitrogen and oxygen atoms in total. The quantitative estimate of drug-likeness (QED) is 0.522. The lowest BCUT2D eigenvalue weighted by Crippen LogP contribution is -2.35. The van der Waals surface area contributed by atoms with Gasteiger partial charge in [0.15, 0.2) is 0 Å². The smallest absolute Gasteiger partial charge is 0.323 e. The number of aliphatic carboxylic acids is 1. The van der Waals surface area contributed by atoms with E-state index < -0.39 is 18.4 Å². The molecule has 4 rings (SSSR count). The summed E-state index contributed by atoms with van der Waals surface area (Å²) in [6.07, 6.45) is 2.95. The average molecular weight is 407 g/mol. The van der Waals surface area contributed by atoms with E-state index in [-0.39, 0.29) is 23.4 Å². The van der Waals surface area contributed by atoms with Crippen LogP contribution in [0.4, 0.5) is 0 Å². The molecule has 0 unspecified atom stereocenters. The molecule has 0 saturated carbocycles. The highest BCUT2D eigenvalue weighted by Crippen LogP contribution is 2.42. The molecule has 0 atom stereocenters. The van der Waals surface area contributed by atoms with E-state index in [4.69, 9.17) is 5.11 Å². The number of fused-ring (bicyclic) bond motifs is 2. The third kappa shape index (κ3) is 3.38. The minimum Gasteiger partial charge on any atom is -0.506 e. The monoisotopic (exact) mass is 407 g/mol. The third-order valence-corrected chi connectivity index (χ3v) is 5.79. The first-order valence-electron chi connectivity index (χ1n) is 8.96. The van der Waals surface area contributed by atoms with Crippen molar-refractivity contribution in [2.45, 2.75) is 6.92 Å². The van der Waals surface area contributed by atoms with Crippen LogP contribution in [0.5, 0.6) is 5.75 Å². The molecular weight excluding hydrogens is 390 g/mol. The van der Waals surface area contributed by atoms with Gasteiger partial charge in [-0.3, -0.25) is 19.6 Å². The number of aromatic hydroxyl groups is 1. The van der Waals surface area contributed by atoms with E-state index in [2.05, 4.69) is 9.97 Å². The number of amides is 1. The molecular formula is C21H17N3O4S. The van der Waals surface area contributed by atoms with Gasteiger partial charge in [0.1, 0.15) is 23.4 Å². The number of hydrogen-bond acceptors (Lipinski definition) is 6. The molecule has 4 aromatic rings. The summed E-state index contributed by atoms with van der Waals surface area (Å²) in [4.78, 5) is 34.8. The zero-order chi connectivity index (χ0) is 20.5. The Labute approximate surface area is 169 Å². The van der Waals surface area contributed by atoms with Gasteiger partial charge in [0.2, 0.25) is 0 Å². The molecule has 0 aliphatic heterocycles. The maximum absolute atomic E-state index is 13.1. The second kappa shape index (κ2) is 7.48. The molecule has 146 valence electrons. The summed E-state index contributed by atoms with van der Waals surface area (Å²) in [5, 5.41) is 21.2. The van der Waals surface area contributed by atoms with Gasteiger partial charge >= 0.3 is 5.97 Å². The van der Waals surface area contributed by atoms with Gasteiger partial charge in [-0.1, -0.05) is 18.2 Å². The fourth-order valence-electron chi connectivity index (χ4n) is 3.25. The normalized spacial score (nSPS) is 11.1. The number of hydrogen-bond donors (Lipinski definition) is 2. The van der Waals surface area contributed by atoms with Gasteiger partial charge in [0.05, 0.1) is 5.52 Å². The fraction of sp³-hybridized carbons (Fsp3) is 0.143. The van der Waals surface area contributed by atoms with Crippen molar-refractivity contribution >= 4 is 44.3 Å². The predicted molar refractivity (Wildman–Crippen MR) is 111 cm³/mol. The second-order valence-corrected chi connectivity index (χ2v) is 7.52. The first kappa shape index (κ1) is 18.8. The number of carboxylic acid groups (broad SMARTS) is 1. The van der Waals surface area contributed by atoms with Crippen LogP contribution in [0.3, 0.4) is 0 Å². The number of thiophene rings is 1. The van der Waals surface area contributed by atoms with Gasteiger partial charge < -0.3 is 15.1 Å². The Balaban J connectivity index is 1.95. The Hall–Kier alpha value is -3.52. The lowest BCUT2D eigenvalue weighted by atomic mass is 10.0. The van der Waals surface area contributed by atoms with Gasteiger partial charge in [-0.25, -0.2) is 0 Å². The summed E-state index contributed by atoms with van der Waals surface area (Å²) in [6.45, 7) is 1.39. The Morgan fingerprint density at radius 3 is 2.62 bits per heavy atom. The van der Waals surface area contributed by atoms with Crippen LogP contribution >= 0.6 is 11.3 Å². The Morgan fingerprint density at radius 1 is 1.14 bits per heavy atom. The van der Waals surface area contributed by atoms with Crippen molar-refractivity contribution in [2.75, 3.05) is 13.1 Å². The van der Waals surface area contributed by atoms with Crippen LogP contribution in [-0.4, -0.2) is 50.0 Å². The number of aromatic nitrogens is 2. The van der Waals surface area contributed by atoms with Crippen LogP contribution in [0.25, 0.3) is 31.6 Å². The molecule has 0 radical (unpaired) electrons. The van der Waals surface area contributed by atoms with Crippen molar-refractivity contribution in [1.29, 1.82) is 0 Å². The van der Waals surface area contributed by atoms with Crippen LogP contribution in [0.1, 0.15) is 17.3 Å². The van der Waals surface area contributed by atoms with Crippen molar-refractivity contribution in [3.8, 4) is 16.2 Å². The summed E-state index contributed by atoms with van der Waals surface area (Å²) in [5.41, 5.74) is 1.12. The number of carbonyl (C=O) groups is 2. The summed E-state index contributed by atoms with van der Waals surface area (Å²) in [6, 6.07) is 11.5. The van der Waals surface area contributed by atoms with Gasteiger partial charge in [-0.2, -0.15) is 0 Å². The minimum atomic E-state index is -1.13. The molecule has 0 bridgehead atoms. The molecule has 2 aromatic heterocycles. The number of phenols is 1. The maximum Gasteiger partial charge on any atom is 0.323 e. The average Bonchev–Trinajstić information content (AvgIpc) is 3.15. The zero-order valence-electron chi connectivity index (χ0n) is 15.5. The van der Waals surface area contributed by atoms with E-state index in [0.29, 0.717) is 11.1 Å². The number of benzene rings is 2. The Morgan fingerprint density at radius 2 is 1.90 bits per heavy atom. The van der Waals surface area contributed by atoms with Gasteiger partial charge in [-0.15, -0.1) is 11.3 Å². The van der Waals surface area contributed by atoms with E-state index in [1.165, 1.54) is 23.7 Å². The van der Waals surface area contributed by atoms with Crippen molar-refractivity contribution in [3.63, 3.8) is 0 Å². The van der Waals surface area contributed by atoms with E-state index in [1.54, 1.807) is 13.0 Å². The summed E-state index contributed by atoms with van der Waals surface area (Å²) >= 11 is 1.49. The SMILES string of the molecule is CCN(CC(=O)O)C(=O)c1c(O)c(-c2cc3ccccc3s2)cc2nccnc12. The number of rotatable bonds is 5. The fourth-order valence-corrected chi connectivity index (χ4v) is 4.33. The van der Waals surface area contributed by atoms with Crippen LogP contribution in [0.15, 0.2) is 48.8 Å². The zero-order valence-corrected chi connectivity index (χ0v) is 16.3. The molecule has 0 spiro atoms. The van der Waals surface area contributed by atoms with E-state index in [0.717, 1.165) is 19.9 Å². The topological polar surface area (TPSA) is 104 Å². The number of nitrogens with zero attached hydrogens (tertiary/aromatic N) is 3. The molecule has 2 heterocycles. The summed E-state index contributed by atoms with van der Waals surface area (Å²) in [5.74, 6) is -1.95. The molecule has 0 saturated heterocycles. The van der Waals surface area contributed by atoms with Gasteiger partial charge in [0.25, 0.3) is 5.91 Å². The van der Waals surface area contributed by atoms with Crippen LogP contribution < -0.4 is 0 Å². The van der Waals surface area contributed by atoms with Gasteiger partial charge in [-0.05, 0) is 30.5 Å².